The summed E-state index contributed by atoms with van der Waals surface area (Å²) in [5.41, 5.74) is 0.756. The minimum atomic E-state index is -0.769. The van der Waals surface area contributed by atoms with E-state index < -0.39 is 28.7 Å². The van der Waals surface area contributed by atoms with E-state index in [1.165, 1.54) is 0 Å². The molecule has 3 unspecified atom stereocenters. The van der Waals surface area contributed by atoms with E-state index in [4.69, 9.17) is 0 Å². The van der Waals surface area contributed by atoms with E-state index in [2.05, 4.69) is 36.0 Å². The van der Waals surface area contributed by atoms with Crippen LogP contribution >= 0.6 is 27.7 Å². The van der Waals surface area contributed by atoms with E-state index in [0.29, 0.717) is 26.1 Å². The van der Waals surface area contributed by atoms with Crippen LogP contribution in [0.4, 0.5) is 5.69 Å². The highest BCUT2D eigenvalue weighted by Crippen LogP contribution is 2.68. The van der Waals surface area contributed by atoms with Crippen molar-refractivity contribution in [3.63, 3.8) is 0 Å². The fourth-order valence-corrected chi connectivity index (χ4v) is 10.8. The third-order valence-corrected chi connectivity index (χ3v) is 12.6. The van der Waals surface area contributed by atoms with Crippen LogP contribution in [0.5, 0.6) is 0 Å². The van der Waals surface area contributed by atoms with Crippen molar-refractivity contribution in [2.45, 2.75) is 79.8 Å². The molecular formula is C33H46BrN3O4S. The maximum absolute atomic E-state index is 14.7. The van der Waals surface area contributed by atoms with Gasteiger partial charge in [-0.3, -0.25) is 14.4 Å². The lowest BCUT2D eigenvalue weighted by atomic mass is 9.70. The Labute approximate surface area is 263 Å². The molecule has 1 aromatic rings. The smallest absolute Gasteiger partial charge is 0.247 e. The molecule has 9 heteroatoms. The topological polar surface area (TPSA) is 81.2 Å². The first-order valence-electron chi connectivity index (χ1n) is 15.3. The lowest BCUT2D eigenvalue weighted by Gasteiger charge is -2.41. The molecule has 4 rings (SSSR count). The van der Waals surface area contributed by atoms with Gasteiger partial charge in [0.1, 0.15) is 6.04 Å². The number of hydrogen-bond donors (Lipinski definition) is 1. The fourth-order valence-electron chi connectivity index (χ4n) is 7.21. The largest absolute Gasteiger partial charge is 0.394 e. The minimum absolute atomic E-state index is 0.0184. The van der Waals surface area contributed by atoms with Crippen molar-refractivity contribution in [1.29, 1.82) is 0 Å². The molecule has 3 amide bonds. The second kappa shape index (κ2) is 14.1. The number of amides is 3. The molecule has 1 spiro atoms. The first kappa shape index (κ1) is 32.8. The molecule has 3 fully saturated rings. The van der Waals surface area contributed by atoms with Gasteiger partial charge in [-0.05, 0) is 30.9 Å². The van der Waals surface area contributed by atoms with Crippen molar-refractivity contribution in [2.24, 2.45) is 17.8 Å². The first-order valence-corrected chi connectivity index (χ1v) is 17.1. The summed E-state index contributed by atoms with van der Waals surface area (Å²) in [5, 5.41) is 10.5. The monoisotopic (exact) mass is 659 g/mol. The van der Waals surface area contributed by atoms with Gasteiger partial charge < -0.3 is 19.8 Å². The quantitative estimate of drug-likeness (QED) is 0.157. The first-order chi connectivity index (χ1) is 20.2. The predicted octanol–water partition coefficient (Wildman–Crippen LogP) is 5.28. The highest BCUT2D eigenvalue weighted by molar-refractivity contribution is 9.09. The van der Waals surface area contributed by atoms with Gasteiger partial charge >= 0.3 is 0 Å². The van der Waals surface area contributed by atoms with E-state index in [-0.39, 0.29) is 40.3 Å². The van der Waals surface area contributed by atoms with Crippen LogP contribution in [0.2, 0.25) is 0 Å². The number of anilines is 1. The van der Waals surface area contributed by atoms with Crippen LogP contribution in [0, 0.1) is 17.8 Å². The predicted molar refractivity (Wildman–Crippen MR) is 175 cm³/mol. The Kier molecular flexibility index (Phi) is 11.0. The third kappa shape index (κ3) is 5.73. The van der Waals surface area contributed by atoms with Gasteiger partial charge in [-0.25, -0.2) is 0 Å². The third-order valence-electron chi connectivity index (χ3n) is 9.43. The molecule has 230 valence electrons. The van der Waals surface area contributed by atoms with Crippen LogP contribution in [-0.4, -0.2) is 85.8 Å². The van der Waals surface area contributed by atoms with E-state index in [9.17, 15) is 19.5 Å². The lowest BCUT2D eigenvalue weighted by Crippen LogP contribution is -2.59. The molecule has 2 bridgehead atoms. The average Bonchev–Trinajstić information content (AvgIpc) is 3.59. The van der Waals surface area contributed by atoms with Crippen LogP contribution in [0.25, 0.3) is 0 Å². The molecule has 1 N–H and O–H groups in total. The van der Waals surface area contributed by atoms with Gasteiger partial charge in [0.05, 0.1) is 29.2 Å². The number of hydrogen-bond acceptors (Lipinski definition) is 5. The molecule has 8 atom stereocenters. The van der Waals surface area contributed by atoms with Gasteiger partial charge in [0, 0.05) is 35.4 Å². The fraction of sp³-hybridized carbons (Fsp3) is 0.606. The Morgan fingerprint density at radius 3 is 2.45 bits per heavy atom. The number of alkyl halides is 1. The van der Waals surface area contributed by atoms with Crippen molar-refractivity contribution < 1.29 is 19.5 Å². The molecule has 3 aliphatic heterocycles. The molecular weight excluding hydrogens is 614 g/mol. The highest BCUT2D eigenvalue weighted by atomic mass is 79.9. The zero-order valence-corrected chi connectivity index (χ0v) is 27.6. The number of para-hydroxylation sites is 1. The average molecular weight is 661 g/mol. The van der Waals surface area contributed by atoms with Crippen LogP contribution < -0.4 is 4.90 Å². The van der Waals surface area contributed by atoms with E-state index in [1.807, 2.05) is 49.1 Å². The van der Waals surface area contributed by atoms with Gasteiger partial charge in [-0.2, -0.15) is 0 Å². The normalized spacial score (nSPS) is 29.2. The molecule has 3 saturated heterocycles. The summed E-state index contributed by atoms with van der Waals surface area (Å²) in [6.45, 7) is 15.0. The second-order valence-corrected chi connectivity index (χ2v) is 14.6. The maximum atomic E-state index is 14.7. The Hall–Kier alpha value is -2.10. The summed E-state index contributed by atoms with van der Waals surface area (Å²) in [4.78, 5) is 49.1. The zero-order chi connectivity index (χ0) is 30.6. The molecule has 0 saturated carbocycles. The second-order valence-electron chi connectivity index (χ2n) is 11.9. The Balaban J connectivity index is 1.82. The van der Waals surface area contributed by atoms with Gasteiger partial charge in [0.2, 0.25) is 17.7 Å². The summed E-state index contributed by atoms with van der Waals surface area (Å²) >= 11 is 5.52. The number of likely N-dealkylation sites (tertiary alicyclic amines) is 1. The summed E-state index contributed by atoms with van der Waals surface area (Å²) in [5.74, 6) is -1.68. The van der Waals surface area contributed by atoms with Crippen molar-refractivity contribution in [3.8, 4) is 0 Å². The summed E-state index contributed by atoms with van der Waals surface area (Å²) in [6, 6.07) is 8.21. The Morgan fingerprint density at radius 2 is 1.86 bits per heavy atom. The molecule has 3 heterocycles. The number of aliphatic hydroxyl groups excluding tert-OH is 1. The van der Waals surface area contributed by atoms with Gasteiger partial charge in [-0.1, -0.05) is 86.3 Å². The zero-order valence-electron chi connectivity index (χ0n) is 25.2. The van der Waals surface area contributed by atoms with Crippen LogP contribution in [-0.2, 0) is 14.4 Å². The molecule has 0 aromatic heterocycles. The van der Waals surface area contributed by atoms with Crippen molar-refractivity contribution in [3.05, 3.63) is 55.6 Å². The minimum Gasteiger partial charge on any atom is -0.394 e. The Morgan fingerprint density at radius 1 is 1.17 bits per heavy atom. The number of unbranched alkanes of at least 4 members (excludes halogenated alkanes) is 2. The standard InChI is InChI=1S/C33H46BrN3O4S/c1-6-10-14-19-35(17-7-2)32(41)29-33-20-24(34)28(42-33)26(27(33)31(40)37(29)25(21-38)22(5)9-4)30(39)36(18-8-3)23-15-12-11-13-16-23/h7-8,11-13,15-16,22,24-29,38H,2-3,6,9-10,14,17-21H2,1,4-5H3/t22-,24?,25-,26-,27-,28-,29?,33?/m0/s1. The lowest BCUT2D eigenvalue weighted by molar-refractivity contribution is -0.146. The number of rotatable bonds is 15. The molecule has 0 aliphatic carbocycles. The number of fused-ring (bicyclic) bond motifs is 1. The maximum Gasteiger partial charge on any atom is 0.247 e. The van der Waals surface area contributed by atoms with Gasteiger partial charge in [-0.15, -0.1) is 24.9 Å². The van der Waals surface area contributed by atoms with E-state index in [0.717, 1.165) is 31.4 Å². The summed E-state index contributed by atoms with van der Waals surface area (Å²) < 4.78 is -0.769. The van der Waals surface area contributed by atoms with Gasteiger partial charge in [0.15, 0.2) is 0 Å². The highest BCUT2D eigenvalue weighted by Gasteiger charge is 2.76. The molecule has 0 radical (unpaired) electrons. The van der Waals surface area contributed by atoms with Gasteiger partial charge in [0.25, 0.3) is 0 Å². The number of benzene rings is 1. The van der Waals surface area contributed by atoms with Crippen LogP contribution in [0.1, 0.15) is 52.9 Å². The number of nitrogens with zero attached hydrogens (tertiary/aromatic N) is 3. The van der Waals surface area contributed by atoms with Crippen molar-refractivity contribution >= 4 is 51.1 Å². The molecule has 7 nitrogen and oxygen atoms in total. The van der Waals surface area contributed by atoms with E-state index >= 15 is 0 Å². The van der Waals surface area contributed by atoms with Crippen molar-refractivity contribution in [1.82, 2.24) is 9.80 Å². The number of halogens is 1. The van der Waals surface area contributed by atoms with E-state index in [1.54, 1.807) is 33.7 Å². The Bertz CT molecular complexity index is 1150. The van der Waals surface area contributed by atoms with Crippen LogP contribution in [0.3, 0.4) is 0 Å². The summed E-state index contributed by atoms with van der Waals surface area (Å²) in [7, 11) is 0. The number of thioether (sulfide) groups is 1. The van der Waals surface area contributed by atoms with Crippen molar-refractivity contribution in [2.75, 3.05) is 31.1 Å². The number of carbonyl (C=O) groups is 3. The summed E-state index contributed by atoms with van der Waals surface area (Å²) in [6.07, 6.45) is 7.71. The number of carbonyl (C=O) groups excluding carboxylic acids is 3. The van der Waals surface area contributed by atoms with Crippen LogP contribution in [0.15, 0.2) is 55.6 Å². The molecule has 3 aliphatic rings. The number of aliphatic hydroxyl groups is 1. The SMILES string of the molecule is C=CCN(CCCCC)C(=O)C1N([C@@H](CO)[C@@H](C)CC)C(=O)[C@@H]2[C@H](C(=O)N(CC=C)c3ccccc3)[C@H]3SC12CC3Br. The molecule has 1 aromatic carbocycles. The molecule has 42 heavy (non-hydrogen) atoms.